The van der Waals surface area contributed by atoms with Gasteiger partial charge in [-0.25, -0.2) is 4.39 Å². The molecule has 0 aromatic heterocycles. The van der Waals surface area contributed by atoms with Gasteiger partial charge in [0, 0.05) is 12.1 Å². The molecule has 0 spiro atoms. The van der Waals surface area contributed by atoms with Gasteiger partial charge >= 0.3 is 0 Å². The van der Waals surface area contributed by atoms with Crippen LogP contribution in [0, 0.1) is 5.82 Å². The SMILES string of the molecule is CCN(CC)C(C(=O)NCc1ccccc1F)c1ccccc1. The number of carbonyl (C=O) groups excluding carboxylic acids is 1. The van der Waals surface area contributed by atoms with Crippen molar-refractivity contribution in [1.82, 2.24) is 10.2 Å². The molecule has 3 nitrogen and oxygen atoms in total. The van der Waals surface area contributed by atoms with Crippen LogP contribution < -0.4 is 5.32 Å². The molecule has 1 unspecified atom stereocenters. The highest BCUT2D eigenvalue weighted by Crippen LogP contribution is 2.21. The van der Waals surface area contributed by atoms with E-state index in [1.807, 2.05) is 44.2 Å². The van der Waals surface area contributed by atoms with Gasteiger partial charge in [0.1, 0.15) is 11.9 Å². The summed E-state index contributed by atoms with van der Waals surface area (Å²) in [6.45, 7) is 5.79. The van der Waals surface area contributed by atoms with Crippen LogP contribution in [-0.2, 0) is 11.3 Å². The first-order chi connectivity index (χ1) is 11.2. The summed E-state index contributed by atoms with van der Waals surface area (Å²) in [4.78, 5) is 14.8. The molecule has 2 aromatic carbocycles. The third-order valence-corrected chi connectivity index (χ3v) is 3.95. The molecule has 0 heterocycles. The number of likely N-dealkylation sites (N-methyl/N-ethyl adjacent to an activating group) is 1. The molecule has 0 radical (unpaired) electrons. The van der Waals surface area contributed by atoms with E-state index in [0.717, 1.165) is 18.7 Å². The van der Waals surface area contributed by atoms with Crippen LogP contribution in [0.2, 0.25) is 0 Å². The second-order valence-electron chi connectivity index (χ2n) is 5.34. The third-order valence-electron chi connectivity index (χ3n) is 3.95. The third kappa shape index (κ3) is 4.39. The van der Waals surface area contributed by atoms with Gasteiger partial charge in [-0.1, -0.05) is 62.4 Å². The van der Waals surface area contributed by atoms with Gasteiger partial charge < -0.3 is 5.32 Å². The van der Waals surface area contributed by atoms with Gasteiger partial charge in [0.15, 0.2) is 0 Å². The van der Waals surface area contributed by atoms with Crippen molar-refractivity contribution in [2.24, 2.45) is 0 Å². The van der Waals surface area contributed by atoms with E-state index in [0.29, 0.717) is 5.56 Å². The number of rotatable bonds is 7. The molecule has 0 aliphatic heterocycles. The average Bonchev–Trinajstić information content (AvgIpc) is 2.59. The number of hydrogen-bond donors (Lipinski definition) is 1. The second-order valence-corrected chi connectivity index (χ2v) is 5.34. The van der Waals surface area contributed by atoms with Crippen molar-refractivity contribution in [2.45, 2.75) is 26.4 Å². The first-order valence-electron chi connectivity index (χ1n) is 7.97. The van der Waals surface area contributed by atoms with Crippen molar-refractivity contribution in [1.29, 1.82) is 0 Å². The normalized spacial score (nSPS) is 12.2. The molecule has 2 aromatic rings. The highest BCUT2D eigenvalue weighted by Gasteiger charge is 2.25. The minimum Gasteiger partial charge on any atom is -0.350 e. The van der Waals surface area contributed by atoms with Crippen molar-refractivity contribution in [3.8, 4) is 0 Å². The summed E-state index contributed by atoms with van der Waals surface area (Å²) in [6.07, 6.45) is 0. The van der Waals surface area contributed by atoms with Crippen molar-refractivity contribution in [3.63, 3.8) is 0 Å². The molecule has 4 heteroatoms. The molecule has 23 heavy (non-hydrogen) atoms. The Morgan fingerprint density at radius 3 is 2.26 bits per heavy atom. The molecule has 0 saturated heterocycles. The number of amides is 1. The first-order valence-corrected chi connectivity index (χ1v) is 7.97. The summed E-state index contributed by atoms with van der Waals surface area (Å²) in [6, 6.07) is 15.8. The molecule has 1 amide bonds. The molecule has 1 atom stereocenters. The summed E-state index contributed by atoms with van der Waals surface area (Å²) in [5.74, 6) is -0.407. The van der Waals surface area contributed by atoms with Crippen LogP contribution in [0.3, 0.4) is 0 Å². The van der Waals surface area contributed by atoms with E-state index in [-0.39, 0.29) is 24.3 Å². The van der Waals surface area contributed by atoms with Gasteiger partial charge in [-0.15, -0.1) is 0 Å². The number of nitrogens with one attached hydrogen (secondary N) is 1. The van der Waals surface area contributed by atoms with E-state index in [1.54, 1.807) is 18.2 Å². The molecule has 0 fully saturated rings. The second kappa shape index (κ2) is 8.44. The van der Waals surface area contributed by atoms with Crippen LogP contribution in [0.15, 0.2) is 54.6 Å². The maximum absolute atomic E-state index is 13.7. The number of benzene rings is 2. The van der Waals surface area contributed by atoms with Gasteiger partial charge in [-0.2, -0.15) is 0 Å². The lowest BCUT2D eigenvalue weighted by molar-refractivity contribution is -0.126. The van der Waals surface area contributed by atoms with Crippen LogP contribution >= 0.6 is 0 Å². The standard InChI is InChI=1S/C19H23FN2O/c1-3-22(4-2)18(15-10-6-5-7-11-15)19(23)21-14-16-12-8-9-13-17(16)20/h5-13,18H,3-4,14H2,1-2H3,(H,21,23). The summed E-state index contributed by atoms with van der Waals surface area (Å²) in [7, 11) is 0. The maximum Gasteiger partial charge on any atom is 0.242 e. The molecule has 0 bridgehead atoms. The zero-order valence-electron chi connectivity index (χ0n) is 13.6. The van der Waals surface area contributed by atoms with Gasteiger partial charge in [0.2, 0.25) is 5.91 Å². The fourth-order valence-electron chi connectivity index (χ4n) is 2.67. The summed E-state index contributed by atoms with van der Waals surface area (Å²) < 4.78 is 13.7. The predicted molar refractivity (Wildman–Crippen MR) is 90.4 cm³/mol. The largest absolute Gasteiger partial charge is 0.350 e. The lowest BCUT2D eigenvalue weighted by atomic mass is 10.0. The Balaban J connectivity index is 2.15. The van der Waals surface area contributed by atoms with Crippen LogP contribution in [0.5, 0.6) is 0 Å². The van der Waals surface area contributed by atoms with Gasteiger partial charge in [0.25, 0.3) is 0 Å². The summed E-state index contributed by atoms with van der Waals surface area (Å²) in [5, 5.41) is 2.87. The number of carbonyl (C=O) groups is 1. The van der Waals surface area contributed by atoms with Crippen LogP contribution in [-0.4, -0.2) is 23.9 Å². The highest BCUT2D eigenvalue weighted by molar-refractivity contribution is 5.83. The van der Waals surface area contributed by atoms with E-state index < -0.39 is 0 Å². The molecule has 122 valence electrons. The smallest absolute Gasteiger partial charge is 0.242 e. The first kappa shape index (κ1) is 17.2. The topological polar surface area (TPSA) is 32.3 Å². The van der Waals surface area contributed by atoms with Crippen LogP contribution in [0.4, 0.5) is 4.39 Å². The van der Waals surface area contributed by atoms with E-state index in [2.05, 4.69) is 10.2 Å². The Morgan fingerprint density at radius 1 is 1.04 bits per heavy atom. The monoisotopic (exact) mass is 314 g/mol. The number of halogens is 1. The number of nitrogens with zero attached hydrogens (tertiary/aromatic N) is 1. The van der Waals surface area contributed by atoms with E-state index >= 15 is 0 Å². The van der Waals surface area contributed by atoms with Crippen molar-refractivity contribution < 1.29 is 9.18 Å². The van der Waals surface area contributed by atoms with Gasteiger partial charge in [0.05, 0.1) is 0 Å². The minimum absolute atomic E-state index is 0.108. The Labute approximate surface area is 137 Å². The molecule has 2 rings (SSSR count). The Hall–Kier alpha value is -2.20. The van der Waals surface area contributed by atoms with E-state index in [1.165, 1.54) is 6.07 Å². The molecular weight excluding hydrogens is 291 g/mol. The highest BCUT2D eigenvalue weighted by atomic mass is 19.1. The Kier molecular flexibility index (Phi) is 6.29. The summed E-state index contributed by atoms with van der Waals surface area (Å²) in [5.41, 5.74) is 1.44. The van der Waals surface area contributed by atoms with Crippen molar-refractivity contribution in [3.05, 3.63) is 71.5 Å². The quantitative estimate of drug-likeness (QED) is 0.848. The zero-order chi connectivity index (χ0) is 16.7. The lowest BCUT2D eigenvalue weighted by Gasteiger charge is -2.29. The zero-order valence-corrected chi connectivity index (χ0v) is 13.6. The van der Waals surface area contributed by atoms with Crippen molar-refractivity contribution in [2.75, 3.05) is 13.1 Å². The van der Waals surface area contributed by atoms with Gasteiger partial charge in [-0.05, 0) is 24.7 Å². The molecule has 0 aliphatic rings. The van der Waals surface area contributed by atoms with E-state index in [4.69, 9.17) is 0 Å². The molecular formula is C19H23FN2O. The Morgan fingerprint density at radius 2 is 1.65 bits per heavy atom. The molecule has 0 aliphatic carbocycles. The van der Waals surface area contributed by atoms with E-state index in [9.17, 15) is 9.18 Å². The molecule has 0 saturated carbocycles. The van der Waals surface area contributed by atoms with Crippen molar-refractivity contribution >= 4 is 5.91 Å². The lowest BCUT2D eigenvalue weighted by Crippen LogP contribution is -2.40. The van der Waals surface area contributed by atoms with Crippen LogP contribution in [0.25, 0.3) is 0 Å². The fourth-order valence-corrected chi connectivity index (χ4v) is 2.67. The molecule has 1 N–H and O–H groups in total. The fraction of sp³-hybridized carbons (Fsp3) is 0.316. The number of hydrogen-bond acceptors (Lipinski definition) is 2. The minimum atomic E-state index is -0.363. The maximum atomic E-state index is 13.7. The van der Waals surface area contributed by atoms with Crippen LogP contribution in [0.1, 0.15) is 31.0 Å². The predicted octanol–water partition coefficient (Wildman–Crippen LogP) is 3.53. The average molecular weight is 314 g/mol. The Bertz CT molecular complexity index is 626. The summed E-state index contributed by atoms with van der Waals surface area (Å²) >= 11 is 0. The van der Waals surface area contributed by atoms with Gasteiger partial charge in [-0.3, -0.25) is 9.69 Å².